The molecule has 2 unspecified atom stereocenters. The molecule has 2 aliphatic heterocycles. The van der Waals surface area contributed by atoms with E-state index in [-0.39, 0.29) is 25.7 Å². The van der Waals surface area contributed by atoms with E-state index >= 15 is 0 Å². The van der Waals surface area contributed by atoms with Crippen LogP contribution in [0.2, 0.25) is 0 Å². The molecule has 2 aliphatic rings. The third-order valence-corrected chi connectivity index (χ3v) is 6.23. The Morgan fingerprint density at radius 2 is 1.68 bits per heavy atom. The Kier molecular flexibility index (Phi) is 8.25. The molecule has 1 aromatic carbocycles. The minimum Gasteiger partial charge on any atom is -0.447 e. The molecule has 0 spiro atoms. The van der Waals surface area contributed by atoms with Crippen LogP contribution in [0, 0.1) is 11.8 Å². The molecule has 2 N–H and O–H groups in total. The van der Waals surface area contributed by atoms with Crippen molar-refractivity contribution in [2.75, 3.05) is 46.5 Å². The topological polar surface area (TPSA) is 108 Å². The zero-order valence-corrected chi connectivity index (χ0v) is 17.9. The van der Waals surface area contributed by atoms with E-state index in [1.54, 1.807) is 5.48 Å². The first-order valence-corrected chi connectivity index (χ1v) is 10.7. The van der Waals surface area contributed by atoms with Gasteiger partial charge in [-0.15, -0.1) is 0 Å². The summed E-state index contributed by atoms with van der Waals surface area (Å²) in [5.41, 5.74) is 2.94. The first-order chi connectivity index (χ1) is 15.0. The van der Waals surface area contributed by atoms with Crippen LogP contribution < -0.4 is 5.48 Å². The van der Waals surface area contributed by atoms with E-state index in [1.165, 1.54) is 17.6 Å². The number of nitrogens with one attached hydrogen (secondary N) is 1. The Balaban J connectivity index is 1.59. The normalized spacial score (nSPS) is 22.1. The quantitative estimate of drug-likeness (QED) is 0.401. The van der Waals surface area contributed by atoms with E-state index in [0.717, 1.165) is 12.8 Å². The molecule has 3 rings (SSSR count). The number of hydroxylamine groups is 1. The van der Waals surface area contributed by atoms with Crippen LogP contribution in [-0.4, -0.2) is 79.4 Å². The van der Waals surface area contributed by atoms with Crippen molar-refractivity contribution in [1.29, 1.82) is 0 Å². The van der Waals surface area contributed by atoms with E-state index < -0.39 is 23.8 Å². The van der Waals surface area contributed by atoms with E-state index in [1.807, 2.05) is 23.1 Å². The number of hydrogen-bond acceptors (Lipinski definition) is 6. The summed E-state index contributed by atoms with van der Waals surface area (Å²) in [5, 5.41) is 9.18. The van der Waals surface area contributed by atoms with E-state index in [9.17, 15) is 19.6 Å². The Morgan fingerprint density at radius 3 is 2.32 bits per heavy atom. The van der Waals surface area contributed by atoms with E-state index in [2.05, 4.69) is 12.1 Å². The Morgan fingerprint density at radius 1 is 1.00 bits per heavy atom. The van der Waals surface area contributed by atoms with Gasteiger partial charge in [-0.05, 0) is 30.7 Å². The van der Waals surface area contributed by atoms with Gasteiger partial charge in [0.2, 0.25) is 11.8 Å². The third-order valence-electron chi connectivity index (χ3n) is 6.23. The number of benzene rings is 1. The number of methoxy groups -OCH3 is 1. The van der Waals surface area contributed by atoms with Crippen LogP contribution in [-0.2, 0) is 19.1 Å². The second kappa shape index (κ2) is 11.1. The lowest BCUT2D eigenvalue weighted by molar-refractivity contribution is -0.148. The molecule has 3 amide bonds. The molecular formula is C22H31N3O6. The Labute approximate surface area is 182 Å². The van der Waals surface area contributed by atoms with E-state index in [4.69, 9.17) is 9.47 Å². The zero-order valence-electron chi connectivity index (χ0n) is 17.9. The average Bonchev–Trinajstić information content (AvgIpc) is 2.83. The van der Waals surface area contributed by atoms with Gasteiger partial charge in [-0.25, -0.2) is 10.3 Å². The maximum Gasteiger partial charge on any atom is 0.409 e. The smallest absolute Gasteiger partial charge is 0.409 e. The fourth-order valence-electron chi connectivity index (χ4n) is 4.46. The van der Waals surface area contributed by atoms with Gasteiger partial charge >= 0.3 is 6.09 Å². The van der Waals surface area contributed by atoms with Gasteiger partial charge in [-0.1, -0.05) is 30.3 Å². The summed E-state index contributed by atoms with van der Waals surface area (Å²) >= 11 is 0. The van der Waals surface area contributed by atoms with E-state index in [0.29, 0.717) is 32.0 Å². The van der Waals surface area contributed by atoms with Crippen LogP contribution in [0.5, 0.6) is 0 Å². The average molecular weight is 434 g/mol. The van der Waals surface area contributed by atoms with Crippen molar-refractivity contribution in [3.63, 3.8) is 0 Å². The first-order valence-electron chi connectivity index (χ1n) is 10.7. The Hall–Kier alpha value is -2.65. The molecule has 170 valence electrons. The maximum absolute atomic E-state index is 13.2. The highest BCUT2D eigenvalue weighted by Crippen LogP contribution is 2.31. The molecule has 2 atom stereocenters. The molecular weight excluding hydrogens is 402 g/mol. The highest BCUT2D eigenvalue weighted by atomic mass is 16.6. The monoisotopic (exact) mass is 433 g/mol. The fraction of sp³-hybridized carbons (Fsp3) is 0.591. The second-order valence-corrected chi connectivity index (χ2v) is 8.04. The lowest BCUT2D eigenvalue weighted by Gasteiger charge is -2.40. The number of ether oxygens (including phenoxy) is 2. The van der Waals surface area contributed by atoms with Crippen molar-refractivity contribution in [2.45, 2.75) is 25.2 Å². The maximum atomic E-state index is 13.2. The minimum absolute atomic E-state index is 0.0229. The standard InChI is InChI=1S/C22H31N3O6/c1-30-13-14-31-22(28)25-12-9-18(19(15-25)20(26)23-29)21(27)24-10-7-17(8-11-24)16-5-3-2-4-6-16/h2-6,17-19,29H,7-15H2,1H3,(H,23,26). The number of nitrogens with zero attached hydrogens (tertiary/aromatic N) is 2. The zero-order chi connectivity index (χ0) is 22.2. The second-order valence-electron chi connectivity index (χ2n) is 8.04. The number of carbonyl (C=O) groups is 3. The highest BCUT2D eigenvalue weighted by molar-refractivity contribution is 5.88. The van der Waals surface area contributed by atoms with Crippen molar-refractivity contribution in [1.82, 2.24) is 15.3 Å². The summed E-state index contributed by atoms with van der Waals surface area (Å²) in [7, 11) is 1.51. The van der Waals surface area contributed by atoms with Gasteiger partial charge in [0.15, 0.2) is 0 Å². The lowest BCUT2D eigenvalue weighted by Crippen LogP contribution is -2.54. The van der Waals surface area contributed by atoms with Crippen molar-refractivity contribution >= 4 is 17.9 Å². The molecule has 2 saturated heterocycles. The van der Waals surface area contributed by atoms with Crippen molar-refractivity contribution in [2.24, 2.45) is 11.8 Å². The van der Waals surface area contributed by atoms with Crippen LogP contribution in [0.25, 0.3) is 0 Å². The van der Waals surface area contributed by atoms with Gasteiger partial charge in [0.1, 0.15) is 6.61 Å². The predicted octanol–water partition coefficient (Wildman–Crippen LogP) is 1.62. The number of piperidine rings is 2. The van der Waals surface area contributed by atoms with Gasteiger partial charge in [-0.2, -0.15) is 0 Å². The SMILES string of the molecule is COCCOC(=O)N1CCC(C(=O)N2CCC(c3ccccc3)CC2)C(C(=O)NO)C1. The van der Waals surface area contributed by atoms with Crippen molar-refractivity contribution in [3.8, 4) is 0 Å². The largest absolute Gasteiger partial charge is 0.447 e. The molecule has 2 fully saturated rings. The number of hydrogen-bond donors (Lipinski definition) is 2. The fourth-order valence-corrected chi connectivity index (χ4v) is 4.46. The molecule has 0 aliphatic carbocycles. The Bertz CT molecular complexity index is 751. The molecule has 31 heavy (non-hydrogen) atoms. The lowest BCUT2D eigenvalue weighted by atomic mass is 9.82. The summed E-state index contributed by atoms with van der Waals surface area (Å²) in [4.78, 5) is 41.0. The summed E-state index contributed by atoms with van der Waals surface area (Å²) in [5.74, 6) is -1.73. The highest BCUT2D eigenvalue weighted by Gasteiger charge is 2.42. The summed E-state index contributed by atoms with van der Waals surface area (Å²) in [6, 6.07) is 10.3. The number of amides is 3. The molecule has 9 nitrogen and oxygen atoms in total. The molecule has 0 saturated carbocycles. The van der Waals surface area contributed by atoms with Gasteiger partial charge in [0, 0.05) is 33.3 Å². The number of likely N-dealkylation sites (tertiary alicyclic amines) is 2. The minimum atomic E-state index is -0.826. The molecule has 0 radical (unpaired) electrons. The van der Waals surface area contributed by atoms with Gasteiger partial charge in [0.05, 0.1) is 18.4 Å². The predicted molar refractivity (Wildman–Crippen MR) is 111 cm³/mol. The molecule has 0 aromatic heterocycles. The van der Waals surface area contributed by atoms with Crippen LogP contribution in [0.1, 0.15) is 30.7 Å². The third kappa shape index (κ3) is 5.74. The summed E-state index contributed by atoms with van der Waals surface area (Å²) in [6.45, 7) is 1.99. The van der Waals surface area contributed by atoms with Gasteiger partial charge < -0.3 is 19.3 Å². The molecule has 0 bridgehead atoms. The summed E-state index contributed by atoms with van der Waals surface area (Å²) in [6.07, 6.45) is 1.53. The van der Waals surface area contributed by atoms with Gasteiger partial charge in [-0.3, -0.25) is 14.8 Å². The van der Waals surface area contributed by atoms with Crippen LogP contribution >= 0.6 is 0 Å². The van der Waals surface area contributed by atoms with Crippen LogP contribution in [0.4, 0.5) is 4.79 Å². The molecule has 9 heteroatoms. The molecule has 1 aromatic rings. The van der Waals surface area contributed by atoms with Crippen LogP contribution in [0.15, 0.2) is 30.3 Å². The summed E-state index contributed by atoms with van der Waals surface area (Å²) < 4.78 is 9.99. The number of rotatable bonds is 6. The van der Waals surface area contributed by atoms with Gasteiger partial charge in [0.25, 0.3) is 0 Å². The van der Waals surface area contributed by atoms with Crippen molar-refractivity contribution < 1.29 is 29.1 Å². The van der Waals surface area contributed by atoms with Crippen molar-refractivity contribution in [3.05, 3.63) is 35.9 Å². The number of carbonyl (C=O) groups excluding carboxylic acids is 3. The van der Waals surface area contributed by atoms with Crippen LogP contribution in [0.3, 0.4) is 0 Å². The molecule has 2 heterocycles. The first kappa shape index (κ1) is 23.0.